The number of rotatable bonds is 3. The van der Waals surface area contributed by atoms with Crippen LogP contribution in [0.5, 0.6) is 0 Å². The van der Waals surface area contributed by atoms with E-state index in [1.807, 2.05) is 6.92 Å². The van der Waals surface area contributed by atoms with Crippen LogP contribution in [0.3, 0.4) is 0 Å². The fraction of sp³-hybridized carbons (Fsp3) is 0.350. The van der Waals surface area contributed by atoms with Gasteiger partial charge in [-0.25, -0.2) is 9.07 Å². The maximum absolute atomic E-state index is 13.4. The Bertz CT molecular complexity index is 898. The zero-order valence-corrected chi connectivity index (χ0v) is 15.0. The summed E-state index contributed by atoms with van der Waals surface area (Å²) >= 11 is 0. The summed E-state index contributed by atoms with van der Waals surface area (Å²) in [5, 5.41) is 14.3. The van der Waals surface area contributed by atoms with Gasteiger partial charge in [0.1, 0.15) is 5.82 Å². The van der Waals surface area contributed by atoms with E-state index in [0.29, 0.717) is 23.4 Å². The molecule has 2 aromatic rings. The highest BCUT2D eigenvalue weighted by Gasteiger charge is 2.54. The van der Waals surface area contributed by atoms with E-state index in [9.17, 15) is 19.1 Å². The first-order valence-electron chi connectivity index (χ1n) is 8.48. The summed E-state index contributed by atoms with van der Waals surface area (Å²) in [4.78, 5) is 25.8. The van der Waals surface area contributed by atoms with Gasteiger partial charge in [0.05, 0.1) is 5.69 Å². The SMILES string of the molecule is CC1=CCC(C(=O)O)(C(=O)n2nc(C)cc2C)C(c2ccc(F)cc2)C1. The average Bonchev–Trinajstić information content (AvgIpc) is 2.93. The van der Waals surface area contributed by atoms with E-state index in [0.717, 1.165) is 5.57 Å². The summed E-state index contributed by atoms with van der Waals surface area (Å²) in [7, 11) is 0. The number of aromatic nitrogens is 2. The van der Waals surface area contributed by atoms with Crippen molar-refractivity contribution in [3.8, 4) is 0 Å². The molecule has 136 valence electrons. The lowest BCUT2D eigenvalue weighted by Crippen LogP contribution is -2.48. The molecule has 1 aliphatic rings. The van der Waals surface area contributed by atoms with E-state index in [1.54, 1.807) is 38.1 Å². The summed E-state index contributed by atoms with van der Waals surface area (Å²) in [6.07, 6.45) is 2.30. The molecule has 0 aliphatic heterocycles. The Morgan fingerprint density at radius 3 is 2.42 bits per heavy atom. The molecule has 1 aromatic carbocycles. The van der Waals surface area contributed by atoms with Gasteiger partial charge >= 0.3 is 5.97 Å². The molecule has 5 nitrogen and oxygen atoms in total. The van der Waals surface area contributed by atoms with Crippen LogP contribution >= 0.6 is 0 Å². The molecule has 0 bridgehead atoms. The predicted molar refractivity (Wildman–Crippen MR) is 94.5 cm³/mol. The van der Waals surface area contributed by atoms with Gasteiger partial charge in [0.15, 0.2) is 5.41 Å². The first-order valence-corrected chi connectivity index (χ1v) is 8.48. The number of carbonyl (C=O) groups is 2. The molecule has 1 aliphatic carbocycles. The number of benzene rings is 1. The molecule has 0 spiro atoms. The van der Waals surface area contributed by atoms with Gasteiger partial charge in [0.25, 0.3) is 5.91 Å². The van der Waals surface area contributed by atoms with Crippen molar-refractivity contribution in [2.24, 2.45) is 5.41 Å². The Kier molecular flexibility index (Phi) is 4.52. The minimum atomic E-state index is -1.68. The summed E-state index contributed by atoms with van der Waals surface area (Å²) in [6.45, 7) is 5.40. The fourth-order valence-corrected chi connectivity index (χ4v) is 3.74. The summed E-state index contributed by atoms with van der Waals surface area (Å²) in [5.41, 5.74) is 1.21. The summed E-state index contributed by atoms with van der Waals surface area (Å²) in [6, 6.07) is 7.45. The molecule has 3 rings (SSSR count). The summed E-state index contributed by atoms with van der Waals surface area (Å²) < 4.78 is 14.5. The van der Waals surface area contributed by atoms with E-state index in [-0.39, 0.29) is 6.42 Å². The van der Waals surface area contributed by atoms with E-state index in [4.69, 9.17) is 0 Å². The number of aliphatic carboxylic acids is 1. The first kappa shape index (κ1) is 18.0. The molecular weight excluding hydrogens is 335 g/mol. The van der Waals surface area contributed by atoms with Crippen molar-refractivity contribution in [3.05, 3.63) is 64.7 Å². The molecule has 26 heavy (non-hydrogen) atoms. The number of nitrogens with zero attached hydrogens (tertiary/aromatic N) is 2. The van der Waals surface area contributed by atoms with Gasteiger partial charge in [0, 0.05) is 11.6 Å². The Hall–Kier alpha value is -2.76. The third-order valence-corrected chi connectivity index (χ3v) is 5.13. The molecule has 1 heterocycles. The van der Waals surface area contributed by atoms with Crippen LogP contribution in [0.4, 0.5) is 4.39 Å². The number of hydrogen-bond donors (Lipinski definition) is 1. The van der Waals surface area contributed by atoms with E-state index >= 15 is 0 Å². The van der Waals surface area contributed by atoms with Crippen LogP contribution in [0.1, 0.15) is 47.4 Å². The Balaban J connectivity index is 2.18. The van der Waals surface area contributed by atoms with Gasteiger partial charge in [-0.1, -0.05) is 23.8 Å². The van der Waals surface area contributed by atoms with Gasteiger partial charge in [-0.15, -0.1) is 0 Å². The molecule has 0 radical (unpaired) electrons. The van der Waals surface area contributed by atoms with Crippen molar-refractivity contribution in [1.82, 2.24) is 9.78 Å². The third kappa shape index (κ3) is 2.85. The summed E-state index contributed by atoms with van der Waals surface area (Å²) in [5.74, 6) is -2.74. The molecule has 1 aromatic heterocycles. The van der Waals surface area contributed by atoms with Crippen molar-refractivity contribution in [2.75, 3.05) is 0 Å². The van der Waals surface area contributed by atoms with Crippen LogP contribution in [-0.4, -0.2) is 26.8 Å². The van der Waals surface area contributed by atoms with Crippen LogP contribution < -0.4 is 0 Å². The van der Waals surface area contributed by atoms with Gasteiger partial charge in [-0.05, 0) is 57.4 Å². The topological polar surface area (TPSA) is 72.2 Å². The largest absolute Gasteiger partial charge is 0.480 e. The molecule has 0 saturated carbocycles. The molecule has 1 N–H and O–H groups in total. The lowest BCUT2D eigenvalue weighted by atomic mass is 9.63. The highest BCUT2D eigenvalue weighted by molar-refractivity contribution is 6.04. The minimum Gasteiger partial charge on any atom is -0.480 e. The van der Waals surface area contributed by atoms with Gasteiger partial charge < -0.3 is 5.11 Å². The standard InChI is InChI=1S/C20H21FN2O3/c1-12-8-9-20(19(25)26,18(24)23-14(3)11-13(2)22-23)17(10-12)15-4-6-16(21)7-5-15/h4-8,11,17H,9-10H2,1-3H3,(H,25,26). The van der Waals surface area contributed by atoms with Crippen LogP contribution in [0.2, 0.25) is 0 Å². The number of carbonyl (C=O) groups excluding carboxylic acids is 1. The normalized spacial score (nSPS) is 22.8. The second kappa shape index (κ2) is 6.52. The number of allylic oxidation sites excluding steroid dienone is 2. The number of halogens is 1. The molecule has 6 heteroatoms. The average molecular weight is 356 g/mol. The van der Waals surface area contributed by atoms with E-state index < -0.39 is 29.0 Å². The lowest BCUT2D eigenvalue weighted by Gasteiger charge is -2.38. The molecule has 0 fully saturated rings. The molecule has 0 amide bonds. The van der Waals surface area contributed by atoms with Crippen molar-refractivity contribution < 1.29 is 19.1 Å². The smallest absolute Gasteiger partial charge is 0.320 e. The minimum absolute atomic E-state index is 0.0768. The molecular formula is C20H21FN2O3. The van der Waals surface area contributed by atoms with Crippen LogP contribution in [-0.2, 0) is 4.79 Å². The lowest BCUT2D eigenvalue weighted by molar-refractivity contribution is -0.147. The van der Waals surface area contributed by atoms with Gasteiger partial charge in [-0.3, -0.25) is 9.59 Å². The monoisotopic (exact) mass is 356 g/mol. The highest BCUT2D eigenvalue weighted by Crippen LogP contribution is 2.48. The maximum Gasteiger partial charge on any atom is 0.320 e. The third-order valence-electron chi connectivity index (χ3n) is 5.13. The van der Waals surface area contributed by atoms with Crippen LogP contribution in [0.15, 0.2) is 42.0 Å². The van der Waals surface area contributed by atoms with Gasteiger partial charge in [-0.2, -0.15) is 5.10 Å². The number of hydrogen-bond acceptors (Lipinski definition) is 3. The van der Waals surface area contributed by atoms with Crippen molar-refractivity contribution in [1.29, 1.82) is 0 Å². The maximum atomic E-state index is 13.4. The first-order chi connectivity index (χ1) is 12.3. The number of carboxylic acids is 1. The van der Waals surface area contributed by atoms with Crippen molar-refractivity contribution in [2.45, 2.75) is 39.5 Å². The Morgan fingerprint density at radius 2 is 1.88 bits per heavy atom. The van der Waals surface area contributed by atoms with Crippen molar-refractivity contribution >= 4 is 11.9 Å². The van der Waals surface area contributed by atoms with E-state index in [2.05, 4.69) is 5.10 Å². The number of carboxylic acid groups (broad SMARTS) is 1. The predicted octanol–water partition coefficient (Wildman–Crippen LogP) is 3.87. The Labute approximate surface area is 151 Å². The quantitative estimate of drug-likeness (QED) is 0.669. The fourth-order valence-electron chi connectivity index (χ4n) is 3.74. The molecule has 0 saturated heterocycles. The number of aryl methyl sites for hydroxylation is 2. The second-order valence-corrected chi connectivity index (χ2v) is 6.98. The molecule has 2 atom stereocenters. The van der Waals surface area contributed by atoms with Gasteiger partial charge in [0.2, 0.25) is 0 Å². The molecule has 2 unspecified atom stereocenters. The highest BCUT2D eigenvalue weighted by atomic mass is 19.1. The zero-order valence-electron chi connectivity index (χ0n) is 15.0. The zero-order chi connectivity index (χ0) is 19.1. The van der Waals surface area contributed by atoms with Crippen molar-refractivity contribution in [3.63, 3.8) is 0 Å². The second-order valence-electron chi connectivity index (χ2n) is 6.98. The van der Waals surface area contributed by atoms with Crippen LogP contribution in [0, 0.1) is 25.1 Å². The van der Waals surface area contributed by atoms with E-state index in [1.165, 1.54) is 16.8 Å². The van der Waals surface area contributed by atoms with Crippen LogP contribution in [0.25, 0.3) is 0 Å². The Morgan fingerprint density at radius 1 is 1.23 bits per heavy atom.